The lowest BCUT2D eigenvalue weighted by atomic mass is 10.3. The van der Waals surface area contributed by atoms with Gasteiger partial charge in [0.1, 0.15) is 10.7 Å². The Morgan fingerprint density at radius 2 is 2.04 bits per heavy atom. The fraction of sp³-hybridized carbons (Fsp3) is 0.500. The minimum absolute atomic E-state index is 0.181. The number of hydrogen-bond acceptors (Lipinski definition) is 5. The Balaban J connectivity index is 2.21. The third-order valence-corrected chi connectivity index (χ3v) is 5.32. The highest BCUT2D eigenvalue weighted by Gasteiger charge is 2.29. The first kappa shape index (κ1) is 17.8. The summed E-state index contributed by atoms with van der Waals surface area (Å²) in [7, 11) is -2.23. The Morgan fingerprint density at radius 3 is 2.70 bits per heavy atom. The molecule has 1 fully saturated rings. The average molecular weight is 345 g/mol. The second-order valence-corrected chi connectivity index (χ2v) is 6.97. The Bertz CT molecular complexity index is 660. The normalized spacial score (nSPS) is 16.3. The van der Waals surface area contributed by atoms with Crippen molar-refractivity contribution < 1.29 is 22.3 Å². The Morgan fingerprint density at radius 1 is 1.35 bits per heavy atom. The first-order valence-corrected chi connectivity index (χ1v) is 8.71. The number of benzene rings is 1. The molecule has 1 amide bonds. The van der Waals surface area contributed by atoms with Crippen LogP contribution >= 0.6 is 0 Å². The number of rotatable bonds is 6. The van der Waals surface area contributed by atoms with Crippen LogP contribution in [0.15, 0.2) is 23.1 Å². The predicted octanol–water partition coefficient (Wildman–Crippen LogP) is 0.395. The molecule has 2 N–H and O–H groups in total. The number of nitrogens with one attached hydrogen (secondary N) is 2. The molecule has 0 saturated carbocycles. The summed E-state index contributed by atoms with van der Waals surface area (Å²) in [5, 5.41) is 5.40. The zero-order valence-corrected chi connectivity index (χ0v) is 13.7. The zero-order valence-electron chi connectivity index (χ0n) is 12.8. The van der Waals surface area contributed by atoms with E-state index >= 15 is 0 Å². The van der Waals surface area contributed by atoms with Crippen LogP contribution in [0.1, 0.15) is 6.42 Å². The van der Waals surface area contributed by atoms with Crippen LogP contribution in [0.25, 0.3) is 0 Å². The van der Waals surface area contributed by atoms with Crippen molar-refractivity contribution in [2.45, 2.75) is 11.3 Å². The highest BCUT2D eigenvalue weighted by atomic mass is 32.2. The van der Waals surface area contributed by atoms with Gasteiger partial charge in [-0.05, 0) is 25.2 Å². The number of carbonyl (C=O) groups is 1. The molecule has 0 atom stereocenters. The molecule has 128 valence electrons. The third-order valence-electron chi connectivity index (χ3n) is 3.40. The van der Waals surface area contributed by atoms with E-state index in [1.54, 1.807) is 7.05 Å². The van der Waals surface area contributed by atoms with Gasteiger partial charge in [-0.2, -0.15) is 4.31 Å². The number of sulfonamides is 1. The van der Waals surface area contributed by atoms with Crippen molar-refractivity contribution in [3.63, 3.8) is 0 Å². The second kappa shape index (κ2) is 7.82. The smallest absolute Gasteiger partial charge is 0.246 e. The topological polar surface area (TPSA) is 87.7 Å². The van der Waals surface area contributed by atoms with Crippen LogP contribution in [0, 0.1) is 5.82 Å². The largest absolute Gasteiger partial charge is 0.379 e. The molecule has 0 aliphatic carbocycles. The van der Waals surface area contributed by atoms with E-state index in [9.17, 15) is 17.6 Å². The van der Waals surface area contributed by atoms with Crippen LogP contribution in [0.3, 0.4) is 0 Å². The number of nitrogens with zero attached hydrogens (tertiary/aromatic N) is 1. The lowest BCUT2D eigenvalue weighted by Crippen LogP contribution is -2.40. The van der Waals surface area contributed by atoms with Crippen LogP contribution in [0.4, 0.5) is 10.1 Å². The van der Waals surface area contributed by atoms with Gasteiger partial charge in [-0.15, -0.1) is 0 Å². The maximum absolute atomic E-state index is 14.0. The molecular formula is C14H20FN3O4S. The molecule has 0 aromatic heterocycles. The van der Waals surface area contributed by atoms with E-state index in [0.29, 0.717) is 6.54 Å². The lowest BCUT2D eigenvalue weighted by molar-refractivity contribution is -0.116. The van der Waals surface area contributed by atoms with Gasteiger partial charge >= 0.3 is 0 Å². The molecular weight excluding hydrogens is 325 g/mol. The van der Waals surface area contributed by atoms with Gasteiger partial charge in [-0.25, -0.2) is 12.8 Å². The molecule has 0 radical (unpaired) electrons. The minimum atomic E-state index is -3.95. The molecule has 1 aliphatic heterocycles. The van der Waals surface area contributed by atoms with E-state index < -0.39 is 20.7 Å². The fourth-order valence-electron chi connectivity index (χ4n) is 2.17. The predicted molar refractivity (Wildman–Crippen MR) is 83.2 cm³/mol. The van der Waals surface area contributed by atoms with Gasteiger partial charge in [-0.1, -0.05) is 0 Å². The van der Waals surface area contributed by atoms with Crippen molar-refractivity contribution in [3.05, 3.63) is 24.0 Å². The van der Waals surface area contributed by atoms with Gasteiger partial charge in [0.05, 0.1) is 13.2 Å². The van der Waals surface area contributed by atoms with Gasteiger partial charge < -0.3 is 15.4 Å². The van der Waals surface area contributed by atoms with Crippen molar-refractivity contribution in [1.82, 2.24) is 9.62 Å². The van der Waals surface area contributed by atoms with Gasteiger partial charge in [-0.3, -0.25) is 4.79 Å². The highest BCUT2D eigenvalue weighted by molar-refractivity contribution is 7.89. The summed E-state index contributed by atoms with van der Waals surface area (Å²) < 4.78 is 45.3. The van der Waals surface area contributed by atoms with Crippen LogP contribution in [0.5, 0.6) is 0 Å². The van der Waals surface area contributed by atoms with E-state index in [1.807, 2.05) is 0 Å². The molecule has 1 aromatic carbocycles. The average Bonchev–Trinajstić information content (AvgIpc) is 2.55. The number of carbonyl (C=O) groups excluding carboxylic acids is 1. The van der Waals surface area contributed by atoms with Crippen molar-refractivity contribution >= 4 is 21.6 Å². The van der Waals surface area contributed by atoms with Crippen LogP contribution in [-0.2, 0) is 19.6 Å². The van der Waals surface area contributed by atoms with Crippen molar-refractivity contribution in [2.75, 3.05) is 45.2 Å². The first-order valence-electron chi connectivity index (χ1n) is 7.27. The SMILES string of the molecule is CNCCC(=O)Nc1ccc(F)c(S(=O)(=O)N2CCOCC2)c1. The van der Waals surface area contributed by atoms with Gasteiger partial charge in [0.15, 0.2) is 0 Å². The Labute approximate surface area is 134 Å². The van der Waals surface area contributed by atoms with Gasteiger partial charge in [0, 0.05) is 31.7 Å². The minimum Gasteiger partial charge on any atom is -0.379 e. The quantitative estimate of drug-likeness (QED) is 0.779. The van der Waals surface area contributed by atoms with E-state index in [0.717, 1.165) is 12.1 Å². The molecule has 0 bridgehead atoms. The molecule has 23 heavy (non-hydrogen) atoms. The van der Waals surface area contributed by atoms with E-state index in [2.05, 4.69) is 10.6 Å². The first-order chi connectivity index (χ1) is 10.9. The van der Waals surface area contributed by atoms with E-state index in [-0.39, 0.29) is 44.3 Å². The zero-order chi connectivity index (χ0) is 16.9. The number of hydrogen-bond donors (Lipinski definition) is 2. The highest BCUT2D eigenvalue weighted by Crippen LogP contribution is 2.23. The number of amides is 1. The van der Waals surface area contributed by atoms with Crippen molar-refractivity contribution in [1.29, 1.82) is 0 Å². The molecule has 9 heteroatoms. The third kappa shape index (κ3) is 4.47. The van der Waals surface area contributed by atoms with Crippen LogP contribution in [-0.4, -0.2) is 58.5 Å². The molecule has 0 unspecified atom stereocenters. The van der Waals surface area contributed by atoms with E-state index in [4.69, 9.17) is 4.74 Å². The molecule has 0 spiro atoms. The van der Waals surface area contributed by atoms with E-state index in [1.165, 1.54) is 10.4 Å². The van der Waals surface area contributed by atoms with Gasteiger partial charge in [0.25, 0.3) is 0 Å². The summed E-state index contributed by atoms with van der Waals surface area (Å²) in [5.41, 5.74) is 0.249. The molecule has 1 aliphatic rings. The van der Waals surface area contributed by atoms with Gasteiger partial charge in [0.2, 0.25) is 15.9 Å². The lowest BCUT2D eigenvalue weighted by Gasteiger charge is -2.26. The summed E-state index contributed by atoms with van der Waals surface area (Å²) >= 11 is 0. The standard InChI is InChI=1S/C14H20FN3O4S/c1-16-5-4-14(19)17-11-2-3-12(15)13(10-11)23(20,21)18-6-8-22-9-7-18/h2-3,10,16H,4-9H2,1H3,(H,17,19). The molecule has 2 rings (SSSR count). The number of halogens is 1. The maximum atomic E-state index is 14.0. The molecule has 1 heterocycles. The Kier molecular flexibility index (Phi) is 6.05. The number of ether oxygens (including phenoxy) is 1. The summed E-state index contributed by atoms with van der Waals surface area (Å²) in [6.07, 6.45) is 0.236. The number of morpholine rings is 1. The summed E-state index contributed by atoms with van der Waals surface area (Å²) in [4.78, 5) is 11.3. The monoisotopic (exact) mass is 345 g/mol. The summed E-state index contributed by atoms with van der Waals surface area (Å²) in [5.74, 6) is -1.12. The maximum Gasteiger partial charge on any atom is 0.246 e. The molecule has 1 aromatic rings. The van der Waals surface area contributed by atoms with Crippen LogP contribution < -0.4 is 10.6 Å². The Hall–Kier alpha value is -1.55. The number of anilines is 1. The fourth-order valence-corrected chi connectivity index (χ4v) is 3.67. The second-order valence-electron chi connectivity index (χ2n) is 5.06. The van der Waals surface area contributed by atoms with Crippen LogP contribution in [0.2, 0.25) is 0 Å². The van der Waals surface area contributed by atoms with Crippen molar-refractivity contribution in [2.24, 2.45) is 0 Å². The molecule has 1 saturated heterocycles. The summed E-state index contributed by atoms with van der Waals surface area (Å²) in [6, 6.07) is 3.53. The summed E-state index contributed by atoms with van der Waals surface area (Å²) in [6.45, 7) is 1.41. The van der Waals surface area contributed by atoms with Crippen molar-refractivity contribution in [3.8, 4) is 0 Å². The molecule has 7 nitrogen and oxygen atoms in total.